The Labute approximate surface area is 105 Å². The summed E-state index contributed by atoms with van der Waals surface area (Å²) in [4.78, 5) is 0. The smallest absolute Gasteiger partial charge is 0.0627 e. The summed E-state index contributed by atoms with van der Waals surface area (Å²) < 4.78 is 0. The molecule has 1 rings (SSSR count). The fraction of sp³-hybridized carbons (Fsp3) is 0.800. The van der Waals surface area contributed by atoms with E-state index in [0.29, 0.717) is 6.42 Å². The van der Waals surface area contributed by atoms with Gasteiger partial charge in [0.2, 0.25) is 0 Å². The molecule has 1 aliphatic carbocycles. The van der Waals surface area contributed by atoms with Crippen LogP contribution in [-0.4, -0.2) is 11.2 Å². The van der Waals surface area contributed by atoms with Gasteiger partial charge in [0.25, 0.3) is 0 Å². The normalized spacial score (nSPS) is 36.8. The first-order chi connectivity index (χ1) is 7.85. The summed E-state index contributed by atoms with van der Waals surface area (Å²) in [7, 11) is 0. The molecular weight excluding hydrogens is 210 g/mol. The van der Waals surface area contributed by atoms with Gasteiger partial charge in [0.05, 0.1) is 12.2 Å². The number of aliphatic hydroxyl groups is 1. The molecule has 0 unspecified atom stereocenters. The largest absolute Gasteiger partial charge is 0.393 e. The Hall–Kier alpha value is -0.810. The number of hydrogen-bond donors (Lipinski definition) is 1. The summed E-state index contributed by atoms with van der Waals surface area (Å²) >= 11 is 0. The van der Waals surface area contributed by atoms with E-state index >= 15 is 0 Å². The maximum Gasteiger partial charge on any atom is 0.0627 e. The molecule has 17 heavy (non-hydrogen) atoms. The molecule has 96 valence electrons. The van der Waals surface area contributed by atoms with Gasteiger partial charge < -0.3 is 5.11 Å². The van der Waals surface area contributed by atoms with Crippen molar-refractivity contribution in [1.29, 1.82) is 5.26 Å². The van der Waals surface area contributed by atoms with Crippen LogP contribution in [0.4, 0.5) is 0 Å². The average Bonchev–Trinajstić information content (AvgIpc) is 2.44. The molecule has 0 amide bonds. The maximum atomic E-state index is 10.2. The third-order valence-electron chi connectivity index (χ3n) is 4.85. The number of allylic oxidation sites excluding steroid dienone is 1. The second-order valence-corrected chi connectivity index (χ2v) is 6.18. The van der Waals surface area contributed by atoms with E-state index in [1.54, 1.807) is 0 Å². The number of rotatable bonds is 5. The fourth-order valence-electron chi connectivity index (χ4n) is 3.15. The van der Waals surface area contributed by atoms with Crippen molar-refractivity contribution in [3.05, 3.63) is 12.2 Å². The third-order valence-corrected chi connectivity index (χ3v) is 4.85. The van der Waals surface area contributed by atoms with Crippen molar-refractivity contribution in [2.75, 3.05) is 0 Å². The number of nitriles is 1. The van der Waals surface area contributed by atoms with E-state index in [1.165, 1.54) is 5.57 Å². The highest BCUT2D eigenvalue weighted by Gasteiger charge is 2.53. The Morgan fingerprint density at radius 1 is 1.53 bits per heavy atom. The molecule has 0 heterocycles. The van der Waals surface area contributed by atoms with Crippen molar-refractivity contribution in [3.8, 4) is 6.07 Å². The molecule has 0 saturated heterocycles. The summed E-state index contributed by atoms with van der Waals surface area (Å²) in [5.74, 6) is 0. The zero-order valence-corrected chi connectivity index (χ0v) is 11.4. The van der Waals surface area contributed by atoms with Crippen LogP contribution in [0.5, 0.6) is 0 Å². The molecule has 1 fully saturated rings. The van der Waals surface area contributed by atoms with Gasteiger partial charge in [-0.2, -0.15) is 5.26 Å². The van der Waals surface area contributed by atoms with Crippen LogP contribution >= 0.6 is 0 Å². The zero-order valence-electron chi connectivity index (χ0n) is 11.4. The van der Waals surface area contributed by atoms with E-state index in [-0.39, 0.29) is 16.9 Å². The lowest BCUT2D eigenvalue weighted by molar-refractivity contribution is -0.0100. The van der Waals surface area contributed by atoms with E-state index in [2.05, 4.69) is 26.5 Å². The first kappa shape index (κ1) is 14.3. The molecule has 1 saturated carbocycles. The van der Waals surface area contributed by atoms with E-state index < -0.39 is 0 Å². The van der Waals surface area contributed by atoms with Crippen molar-refractivity contribution in [3.63, 3.8) is 0 Å². The summed E-state index contributed by atoms with van der Waals surface area (Å²) in [6.07, 6.45) is 5.15. The second-order valence-electron chi connectivity index (χ2n) is 6.18. The van der Waals surface area contributed by atoms with Crippen molar-refractivity contribution >= 4 is 0 Å². The number of aliphatic hydroxyl groups excluding tert-OH is 1. The molecule has 0 radical (unpaired) electrons. The Balaban J connectivity index is 2.74. The molecule has 3 atom stereocenters. The van der Waals surface area contributed by atoms with Gasteiger partial charge in [0.1, 0.15) is 0 Å². The van der Waals surface area contributed by atoms with Crippen LogP contribution < -0.4 is 0 Å². The predicted octanol–water partition coefficient (Wildman–Crippen LogP) is 3.81. The molecule has 0 aromatic heterocycles. The molecule has 0 aromatic carbocycles. The molecule has 0 spiro atoms. The highest BCUT2D eigenvalue weighted by molar-refractivity contribution is 5.06. The van der Waals surface area contributed by atoms with Crippen molar-refractivity contribution in [2.45, 2.75) is 65.4 Å². The van der Waals surface area contributed by atoms with E-state index in [1.807, 2.05) is 6.92 Å². The van der Waals surface area contributed by atoms with Gasteiger partial charge in [-0.3, -0.25) is 0 Å². The number of hydrogen-bond acceptors (Lipinski definition) is 2. The monoisotopic (exact) mass is 235 g/mol. The van der Waals surface area contributed by atoms with Gasteiger partial charge in [-0.05, 0) is 49.9 Å². The Morgan fingerprint density at radius 3 is 2.71 bits per heavy atom. The van der Waals surface area contributed by atoms with Crippen LogP contribution in [0.3, 0.4) is 0 Å². The van der Waals surface area contributed by atoms with Crippen LogP contribution in [0, 0.1) is 22.2 Å². The van der Waals surface area contributed by atoms with Crippen LogP contribution in [0.25, 0.3) is 0 Å². The summed E-state index contributed by atoms with van der Waals surface area (Å²) in [6, 6.07) is 2.30. The van der Waals surface area contributed by atoms with E-state index in [4.69, 9.17) is 5.26 Å². The van der Waals surface area contributed by atoms with Gasteiger partial charge in [-0.25, -0.2) is 0 Å². The molecule has 0 aliphatic heterocycles. The zero-order chi connectivity index (χ0) is 13.1. The Bertz CT molecular complexity index is 330. The lowest BCUT2D eigenvalue weighted by Crippen LogP contribution is -2.39. The molecule has 2 nitrogen and oxygen atoms in total. The minimum absolute atomic E-state index is 0.0315. The molecule has 1 aliphatic rings. The lowest BCUT2D eigenvalue weighted by atomic mass is 9.63. The van der Waals surface area contributed by atoms with Gasteiger partial charge in [0, 0.05) is 6.42 Å². The van der Waals surface area contributed by atoms with E-state index in [0.717, 1.165) is 32.1 Å². The molecule has 2 heteroatoms. The lowest BCUT2D eigenvalue weighted by Gasteiger charge is -2.42. The quantitative estimate of drug-likeness (QED) is 0.736. The molecule has 1 N–H and O–H groups in total. The highest BCUT2D eigenvalue weighted by atomic mass is 16.3. The fourth-order valence-corrected chi connectivity index (χ4v) is 3.15. The van der Waals surface area contributed by atoms with Crippen LogP contribution in [0.15, 0.2) is 12.2 Å². The Morgan fingerprint density at radius 2 is 2.18 bits per heavy atom. The van der Waals surface area contributed by atoms with Crippen LogP contribution in [0.2, 0.25) is 0 Å². The predicted molar refractivity (Wildman–Crippen MR) is 70.3 cm³/mol. The van der Waals surface area contributed by atoms with Crippen LogP contribution in [-0.2, 0) is 0 Å². The second kappa shape index (κ2) is 5.23. The minimum Gasteiger partial charge on any atom is -0.393 e. The third kappa shape index (κ3) is 2.72. The molecular formula is C15H25NO. The first-order valence-corrected chi connectivity index (χ1v) is 6.55. The maximum absolute atomic E-state index is 10.2. The topological polar surface area (TPSA) is 44.0 Å². The standard InChI is InChI=1S/C15H25NO/c1-12(2)6-5-8-15(4)13(17)7-9-14(15,3)10-11-16/h13,17H,1,5-10H2,2-4H3/t13-,14-,15+/m0/s1. The molecule has 0 bridgehead atoms. The highest BCUT2D eigenvalue weighted by Crippen LogP contribution is 2.57. The van der Waals surface area contributed by atoms with Gasteiger partial charge in [-0.15, -0.1) is 6.58 Å². The van der Waals surface area contributed by atoms with Gasteiger partial charge in [0.15, 0.2) is 0 Å². The molecule has 0 aromatic rings. The Kier molecular flexibility index (Phi) is 4.38. The minimum atomic E-state index is -0.258. The summed E-state index contributed by atoms with van der Waals surface area (Å²) in [5, 5.41) is 19.2. The first-order valence-electron chi connectivity index (χ1n) is 6.55. The summed E-state index contributed by atoms with van der Waals surface area (Å²) in [6.45, 7) is 10.3. The van der Waals surface area contributed by atoms with E-state index in [9.17, 15) is 5.11 Å². The average molecular weight is 235 g/mol. The van der Waals surface area contributed by atoms with Gasteiger partial charge >= 0.3 is 0 Å². The van der Waals surface area contributed by atoms with Crippen molar-refractivity contribution < 1.29 is 5.11 Å². The van der Waals surface area contributed by atoms with Crippen molar-refractivity contribution in [2.24, 2.45) is 10.8 Å². The summed E-state index contributed by atoms with van der Waals surface area (Å²) in [5.41, 5.74) is 1.05. The van der Waals surface area contributed by atoms with Crippen LogP contribution in [0.1, 0.15) is 59.3 Å². The van der Waals surface area contributed by atoms with Crippen molar-refractivity contribution in [1.82, 2.24) is 0 Å². The van der Waals surface area contributed by atoms with Gasteiger partial charge in [-0.1, -0.05) is 19.4 Å². The SMILES string of the molecule is C=C(C)CCC[C@]1(C)[C@@H](O)CC[C@@]1(C)CC#N. The number of nitrogens with zero attached hydrogens (tertiary/aromatic N) is 1.